The van der Waals surface area contributed by atoms with Crippen molar-refractivity contribution in [2.75, 3.05) is 13.1 Å². The second-order valence-corrected chi connectivity index (χ2v) is 7.75. The molecule has 0 unspecified atom stereocenters. The number of ether oxygens (including phenoxy) is 1. The van der Waals surface area contributed by atoms with E-state index in [4.69, 9.17) is 9.26 Å². The van der Waals surface area contributed by atoms with Gasteiger partial charge in [-0.3, -0.25) is 4.90 Å². The van der Waals surface area contributed by atoms with Gasteiger partial charge in [0.25, 0.3) is 5.89 Å². The van der Waals surface area contributed by atoms with Gasteiger partial charge in [-0.15, -0.1) is 11.3 Å². The second kappa shape index (κ2) is 5.76. The number of hydrogen-bond donors (Lipinski definition) is 0. The summed E-state index contributed by atoms with van der Waals surface area (Å²) in [4.78, 5) is 9.66. The zero-order chi connectivity index (χ0) is 15.1. The number of fused-ring (bicyclic) bond motifs is 1. The normalized spacial score (nSPS) is 28.9. The van der Waals surface area contributed by atoms with E-state index in [1.807, 2.05) is 18.3 Å². The number of rotatable bonds is 3. The van der Waals surface area contributed by atoms with Crippen LogP contribution in [-0.2, 0) is 11.3 Å². The van der Waals surface area contributed by atoms with Crippen molar-refractivity contribution in [3.63, 3.8) is 0 Å². The van der Waals surface area contributed by atoms with Crippen LogP contribution in [0.2, 0.25) is 0 Å². The second-order valence-electron chi connectivity index (χ2n) is 6.37. The van der Waals surface area contributed by atoms with Gasteiger partial charge in [0.2, 0.25) is 0 Å². The van der Waals surface area contributed by atoms with Crippen LogP contribution in [0.25, 0.3) is 0 Å². The Hall–Kier alpha value is -1.24. The molecule has 2 saturated heterocycles. The minimum Gasteiger partial charge on any atom is -0.364 e. The molecule has 5 nitrogen and oxygen atoms in total. The Kier molecular flexibility index (Phi) is 3.76. The monoisotopic (exact) mass is 319 g/mol. The predicted octanol–water partition coefficient (Wildman–Crippen LogP) is 3.10. The van der Waals surface area contributed by atoms with Crippen LogP contribution in [0.15, 0.2) is 16.7 Å². The minimum absolute atomic E-state index is 0.0138. The third-order valence-corrected chi connectivity index (χ3v) is 5.62. The molecule has 4 heterocycles. The molecule has 0 bridgehead atoms. The average Bonchev–Trinajstić information content (AvgIpc) is 3.18. The molecule has 2 aromatic heterocycles. The molecule has 0 aliphatic carbocycles. The van der Waals surface area contributed by atoms with Crippen molar-refractivity contribution in [2.24, 2.45) is 5.92 Å². The lowest BCUT2D eigenvalue weighted by Gasteiger charge is -2.33. The topological polar surface area (TPSA) is 51.4 Å². The fourth-order valence-corrected chi connectivity index (χ4v) is 4.46. The molecule has 4 rings (SSSR count). The number of hydrogen-bond acceptors (Lipinski definition) is 6. The van der Waals surface area contributed by atoms with E-state index in [-0.39, 0.29) is 6.10 Å². The first-order valence-corrected chi connectivity index (χ1v) is 8.72. The molecule has 0 spiro atoms. The van der Waals surface area contributed by atoms with Crippen molar-refractivity contribution >= 4 is 11.3 Å². The first-order valence-electron chi connectivity index (χ1n) is 7.91. The van der Waals surface area contributed by atoms with Gasteiger partial charge in [-0.05, 0) is 51.3 Å². The SMILES string of the molecule is Cc1noc([C@H]2C[C@@H]3CCN(Cc4ccc(C)s4)C[C@H]3O2)n1. The zero-order valence-electron chi connectivity index (χ0n) is 13.0. The first-order chi connectivity index (χ1) is 10.7. The highest BCUT2D eigenvalue weighted by Crippen LogP contribution is 2.40. The Morgan fingerprint density at radius 1 is 1.36 bits per heavy atom. The number of thiophene rings is 1. The molecule has 6 heteroatoms. The molecule has 118 valence electrons. The lowest BCUT2D eigenvalue weighted by Crippen LogP contribution is -2.41. The summed E-state index contributed by atoms with van der Waals surface area (Å²) in [6.07, 6.45) is 2.49. The summed E-state index contributed by atoms with van der Waals surface area (Å²) in [5.74, 6) is 1.95. The van der Waals surface area contributed by atoms with E-state index in [1.54, 1.807) is 0 Å². The van der Waals surface area contributed by atoms with Crippen molar-refractivity contribution in [3.05, 3.63) is 33.6 Å². The van der Waals surface area contributed by atoms with Gasteiger partial charge in [0, 0.05) is 22.8 Å². The summed E-state index contributed by atoms with van der Waals surface area (Å²) in [5, 5.41) is 3.88. The highest BCUT2D eigenvalue weighted by molar-refractivity contribution is 7.11. The third kappa shape index (κ3) is 2.83. The molecule has 2 aromatic rings. The van der Waals surface area contributed by atoms with Gasteiger partial charge in [-0.25, -0.2) is 0 Å². The predicted molar refractivity (Wildman–Crippen MR) is 83.7 cm³/mol. The zero-order valence-corrected chi connectivity index (χ0v) is 13.8. The van der Waals surface area contributed by atoms with Crippen LogP contribution in [0.3, 0.4) is 0 Å². The minimum atomic E-state index is -0.0138. The summed E-state index contributed by atoms with van der Waals surface area (Å²) in [5.41, 5.74) is 0. The Morgan fingerprint density at radius 3 is 3.00 bits per heavy atom. The van der Waals surface area contributed by atoms with Gasteiger partial charge < -0.3 is 9.26 Å². The first kappa shape index (κ1) is 14.4. The highest BCUT2D eigenvalue weighted by atomic mass is 32.1. The van der Waals surface area contributed by atoms with E-state index in [0.29, 0.717) is 23.7 Å². The maximum Gasteiger partial charge on any atom is 0.255 e. The highest BCUT2D eigenvalue weighted by Gasteiger charge is 2.41. The fraction of sp³-hybridized carbons (Fsp3) is 0.625. The largest absolute Gasteiger partial charge is 0.364 e. The molecule has 2 aliphatic heterocycles. The quantitative estimate of drug-likeness (QED) is 0.870. The van der Waals surface area contributed by atoms with E-state index in [1.165, 1.54) is 16.2 Å². The van der Waals surface area contributed by atoms with Crippen molar-refractivity contribution in [1.29, 1.82) is 0 Å². The molecular formula is C16H21N3O2S. The lowest BCUT2D eigenvalue weighted by molar-refractivity contribution is -0.0187. The fourth-order valence-electron chi connectivity index (χ4n) is 3.53. The van der Waals surface area contributed by atoms with E-state index in [0.717, 1.165) is 26.1 Å². The van der Waals surface area contributed by atoms with E-state index in [2.05, 4.69) is 34.1 Å². The average molecular weight is 319 g/mol. The Morgan fingerprint density at radius 2 is 2.27 bits per heavy atom. The molecule has 0 radical (unpaired) electrons. The number of likely N-dealkylation sites (tertiary alicyclic amines) is 1. The van der Waals surface area contributed by atoms with Crippen LogP contribution in [0, 0.1) is 19.8 Å². The van der Waals surface area contributed by atoms with Crippen LogP contribution in [-0.4, -0.2) is 34.2 Å². The van der Waals surface area contributed by atoms with Crippen LogP contribution in [0.5, 0.6) is 0 Å². The van der Waals surface area contributed by atoms with E-state index < -0.39 is 0 Å². The van der Waals surface area contributed by atoms with Gasteiger partial charge in [0.1, 0.15) is 6.10 Å². The van der Waals surface area contributed by atoms with Crippen LogP contribution in [0.1, 0.15) is 40.4 Å². The summed E-state index contributed by atoms with van der Waals surface area (Å²) >= 11 is 1.89. The number of piperidine rings is 1. The maximum atomic E-state index is 6.20. The number of nitrogens with zero attached hydrogens (tertiary/aromatic N) is 3. The Bertz CT molecular complexity index is 653. The van der Waals surface area contributed by atoms with Crippen molar-refractivity contribution < 1.29 is 9.26 Å². The summed E-state index contributed by atoms with van der Waals surface area (Å²) < 4.78 is 11.5. The maximum absolute atomic E-state index is 6.20. The smallest absolute Gasteiger partial charge is 0.255 e. The molecule has 3 atom stereocenters. The molecule has 2 aliphatic rings. The molecular weight excluding hydrogens is 298 g/mol. The van der Waals surface area contributed by atoms with Gasteiger partial charge in [-0.1, -0.05) is 5.16 Å². The molecule has 0 saturated carbocycles. The molecule has 0 aromatic carbocycles. The van der Waals surface area contributed by atoms with Gasteiger partial charge in [0.05, 0.1) is 6.10 Å². The van der Waals surface area contributed by atoms with Gasteiger partial charge in [-0.2, -0.15) is 4.98 Å². The number of aromatic nitrogens is 2. The number of aryl methyl sites for hydroxylation is 2. The van der Waals surface area contributed by atoms with Gasteiger partial charge in [0.15, 0.2) is 5.82 Å². The van der Waals surface area contributed by atoms with Crippen molar-refractivity contribution in [1.82, 2.24) is 15.0 Å². The molecule has 22 heavy (non-hydrogen) atoms. The summed E-state index contributed by atoms with van der Waals surface area (Å²) in [7, 11) is 0. The lowest BCUT2D eigenvalue weighted by atomic mass is 9.92. The summed E-state index contributed by atoms with van der Waals surface area (Å²) in [6.45, 7) is 7.20. The summed E-state index contributed by atoms with van der Waals surface area (Å²) in [6, 6.07) is 4.44. The van der Waals surface area contributed by atoms with Crippen LogP contribution < -0.4 is 0 Å². The standard InChI is InChI=1S/C16H21N3O2S/c1-10-3-4-13(22-10)8-19-6-5-12-7-14(20-15(12)9-19)16-17-11(2)18-21-16/h3-4,12,14-15H,5-9H2,1-2H3/t12-,14+,15+/m0/s1. The third-order valence-electron chi connectivity index (χ3n) is 4.63. The molecule has 0 N–H and O–H groups in total. The molecule has 0 amide bonds. The van der Waals surface area contributed by atoms with Crippen LogP contribution in [0.4, 0.5) is 0 Å². The Balaban J connectivity index is 1.39. The van der Waals surface area contributed by atoms with Crippen molar-refractivity contribution in [3.8, 4) is 0 Å². The van der Waals surface area contributed by atoms with Crippen molar-refractivity contribution in [2.45, 2.75) is 45.4 Å². The molecule has 2 fully saturated rings. The Labute approximate surface area is 134 Å². The van der Waals surface area contributed by atoms with Gasteiger partial charge >= 0.3 is 0 Å². The van der Waals surface area contributed by atoms with Crippen LogP contribution >= 0.6 is 11.3 Å². The van der Waals surface area contributed by atoms with E-state index >= 15 is 0 Å². The van der Waals surface area contributed by atoms with E-state index in [9.17, 15) is 0 Å².